The Hall–Kier alpha value is -2.83. The van der Waals surface area contributed by atoms with Gasteiger partial charge in [-0.25, -0.2) is 19.2 Å². The third-order valence-electron chi connectivity index (χ3n) is 4.25. The standard InChI is InChI=1S/C19H14BrFN6S/c1-4-13-18(27-15(23-13)10-9-14(20)25-27)26(3)19-24-16(17(22-2)28-19)11-5-7-12(21)8-6-11/h5-10H,4H2,1,3H3. The lowest BCUT2D eigenvalue weighted by Gasteiger charge is -2.16. The number of fused-ring (bicyclic) bond motifs is 1. The highest BCUT2D eigenvalue weighted by Gasteiger charge is 2.22. The second-order valence-electron chi connectivity index (χ2n) is 5.99. The van der Waals surface area contributed by atoms with Gasteiger partial charge in [-0.15, -0.1) is 11.3 Å². The number of aromatic nitrogens is 4. The predicted molar refractivity (Wildman–Crippen MR) is 112 cm³/mol. The SMILES string of the molecule is [C-]#[N+]c1sc(N(C)c2c(CC)nc3ccc(Br)nn23)nc1-c1ccc(F)cc1. The van der Waals surface area contributed by atoms with E-state index in [2.05, 4.69) is 35.8 Å². The van der Waals surface area contributed by atoms with Gasteiger partial charge >= 0.3 is 0 Å². The van der Waals surface area contributed by atoms with Gasteiger partial charge in [-0.1, -0.05) is 19.1 Å². The van der Waals surface area contributed by atoms with Crippen LogP contribution in [0.2, 0.25) is 0 Å². The maximum Gasteiger partial charge on any atom is 0.270 e. The number of benzene rings is 1. The van der Waals surface area contributed by atoms with Crippen molar-refractivity contribution in [3.8, 4) is 11.3 Å². The van der Waals surface area contributed by atoms with E-state index in [1.165, 1.54) is 23.5 Å². The van der Waals surface area contributed by atoms with Crippen LogP contribution in [0.1, 0.15) is 12.6 Å². The molecular weight excluding hydrogens is 443 g/mol. The Morgan fingerprint density at radius 2 is 1.96 bits per heavy atom. The molecule has 4 aromatic rings. The van der Waals surface area contributed by atoms with Crippen LogP contribution in [0.25, 0.3) is 21.7 Å². The maximum absolute atomic E-state index is 13.3. The molecule has 0 fully saturated rings. The molecule has 0 aliphatic rings. The quantitative estimate of drug-likeness (QED) is 0.373. The van der Waals surface area contributed by atoms with E-state index in [0.717, 1.165) is 23.6 Å². The smallest absolute Gasteiger partial charge is 0.270 e. The van der Waals surface area contributed by atoms with E-state index in [1.54, 1.807) is 16.6 Å². The van der Waals surface area contributed by atoms with Crippen LogP contribution < -0.4 is 4.90 Å². The van der Waals surface area contributed by atoms with Gasteiger partial charge in [0.15, 0.2) is 16.6 Å². The molecule has 4 rings (SSSR count). The van der Waals surface area contributed by atoms with Crippen LogP contribution in [0.3, 0.4) is 0 Å². The Kier molecular flexibility index (Phi) is 4.83. The summed E-state index contributed by atoms with van der Waals surface area (Å²) in [5, 5.41) is 5.61. The topological polar surface area (TPSA) is 50.7 Å². The molecule has 1 aromatic carbocycles. The summed E-state index contributed by atoms with van der Waals surface area (Å²) in [7, 11) is 1.88. The molecule has 0 radical (unpaired) electrons. The number of aryl methyl sites for hydroxylation is 1. The minimum atomic E-state index is -0.323. The second-order valence-corrected chi connectivity index (χ2v) is 7.76. The molecule has 0 amide bonds. The highest BCUT2D eigenvalue weighted by molar-refractivity contribution is 9.10. The van der Waals surface area contributed by atoms with Gasteiger partial charge in [0, 0.05) is 7.05 Å². The van der Waals surface area contributed by atoms with E-state index in [0.29, 0.717) is 26.0 Å². The average molecular weight is 457 g/mol. The summed E-state index contributed by atoms with van der Waals surface area (Å²) in [5.41, 5.74) is 2.87. The third kappa shape index (κ3) is 3.15. The number of imidazole rings is 1. The summed E-state index contributed by atoms with van der Waals surface area (Å²) in [6.45, 7) is 9.54. The van der Waals surface area contributed by atoms with Gasteiger partial charge in [0.1, 0.15) is 10.4 Å². The van der Waals surface area contributed by atoms with Crippen molar-refractivity contribution >= 4 is 48.9 Å². The molecule has 0 saturated heterocycles. The lowest BCUT2D eigenvalue weighted by atomic mass is 10.1. The zero-order valence-electron chi connectivity index (χ0n) is 15.0. The first-order valence-electron chi connectivity index (χ1n) is 8.44. The van der Waals surface area contributed by atoms with Crippen LogP contribution in [-0.4, -0.2) is 26.6 Å². The fourth-order valence-corrected chi connectivity index (χ4v) is 4.05. The summed E-state index contributed by atoms with van der Waals surface area (Å²) in [6, 6.07) is 9.74. The molecule has 0 N–H and O–H groups in total. The Balaban J connectivity index is 1.84. The fraction of sp³-hybridized carbons (Fsp3) is 0.158. The Bertz CT molecular complexity index is 1210. The van der Waals surface area contributed by atoms with Gasteiger partial charge in [-0.3, -0.25) is 0 Å². The van der Waals surface area contributed by atoms with Crippen LogP contribution in [0.15, 0.2) is 41.0 Å². The second kappa shape index (κ2) is 7.30. The number of halogens is 2. The summed E-state index contributed by atoms with van der Waals surface area (Å²) in [5.74, 6) is 0.477. The number of thiazole rings is 1. The van der Waals surface area contributed by atoms with Crippen molar-refractivity contribution in [2.24, 2.45) is 0 Å². The molecule has 9 heteroatoms. The molecule has 3 aromatic heterocycles. The lowest BCUT2D eigenvalue weighted by molar-refractivity contribution is 0.628. The van der Waals surface area contributed by atoms with Crippen molar-refractivity contribution < 1.29 is 4.39 Å². The summed E-state index contributed by atoms with van der Waals surface area (Å²) in [6.07, 6.45) is 0.729. The van der Waals surface area contributed by atoms with Gasteiger partial charge < -0.3 is 4.90 Å². The minimum Gasteiger partial charge on any atom is -0.305 e. The molecule has 0 bridgehead atoms. The van der Waals surface area contributed by atoms with Crippen molar-refractivity contribution in [2.45, 2.75) is 13.3 Å². The predicted octanol–water partition coefficient (Wildman–Crippen LogP) is 5.64. The highest BCUT2D eigenvalue weighted by Crippen LogP contribution is 2.41. The Labute approximate surface area is 173 Å². The van der Waals surface area contributed by atoms with Crippen molar-refractivity contribution in [3.05, 3.63) is 63.9 Å². The van der Waals surface area contributed by atoms with Crippen LogP contribution in [-0.2, 0) is 6.42 Å². The van der Waals surface area contributed by atoms with E-state index in [-0.39, 0.29) is 5.82 Å². The van der Waals surface area contributed by atoms with Crippen molar-refractivity contribution in [2.75, 3.05) is 11.9 Å². The number of hydrogen-bond donors (Lipinski definition) is 0. The molecule has 0 aliphatic carbocycles. The monoisotopic (exact) mass is 456 g/mol. The van der Waals surface area contributed by atoms with Gasteiger partial charge in [0.25, 0.3) is 5.00 Å². The van der Waals surface area contributed by atoms with Crippen LogP contribution in [0.4, 0.5) is 20.3 Å². The van der Waals surface area contributed by atoms with Gasteiger partial charge in [0.05, 0.1) is 18.0 Å². The molecule has 0 saturated carbocycles. The normalized spacial score (nSPS) is 11.0. The number of rotatable bonds is 4. The molecular formula is C19H14BrFN6S. The van der Waals surface area contributed by atoms with Crippen molar-refractivity contribution in [3.63, 3.8) is 0 Å². The number of hydrogen-bond acceptors (Lipinski definition) is 5. The Morgan fingerprint density at radius 3 is 2.64 bits per heavy atom. The van der Waals surface area contributed by atoms with Crippen molar-refractivity contribution in [1.29, 1.82) is 0 Å². The van der Waals surface area contributed by atoms with Crippen LogP contribution >= 0.6 is 27.3 Å². The molecule has 140 valence electrons. The summed E-state index contributed by atoms with van der Waals surface area (Å²) in [4.78, 5) is 14.8. The largest absolute Gasteiger partial charge is 0.305 e. The minimum absolute atomic E-state index is 0.323. The molecule has 0 unspecified atom stereocenters. The highest BCUT2D eigenvalue weighted by atomic mass is 79.9. The van der Waals surface area contributed by atoms with Crippen molar-refractivity contribution in [1.82, 2.24) is 19.6 Å². The summed E-state index contributed by atoms with van der Waals surface area (Å²) >= 11 is 4.69. The van der Waals surface area contributed by atoms with Crippen LogP contribution in [0.5, 0.6) is 0 Å². The molecule has 0 spiro atoms. The molecule has 3 heterocycles. The number of anilines is 2. The zero-order valence-corrected chi connectivity index (χ0v) is 17.4. The average Bonchev–Trinajstić information content (AvgIpc) is 3.29. The number of nitrogens with zero attached hydrogens (tertiary/aromatic N) is 6. The molecule has 6 nitrogen and oxygen atoms in total. The zero-order chi connectivity index (χ0) is 19.8. The molecule has 28 heavy (non-hydrogen) atoms. The van der Waals surface area contributed by atoms with E-state index < -0.39 is 0 Å². The van der Waals surface area contributed by atoms with E-state index in [9.17, 15) is 4.39 Å². The first kappa shape index (κ1) is 18.5. The molecule has 0 aliphatic heterocycles. The van der Waals surface area contributed by atoms with Gasteiger partial charge in [-0.05, 0) is 52.2 Å². The molecule has 0 atom stereocenters. The fourth-order valence-electron chi connectivity index (χ4n) is 2.92. The maximum atomic E-state index is 13.3. The summed E-state index contributed by atoms with van der Waals surface area (Å²) < 4.78 is 15.7. The van der Waals surface area contributed by atoms with E-state index in [1.807, 2.05) is 31.0 Å². The first-order chi connectivity index (χ1) is 13.5. The Morgan fingerprint density at radius 1 is 1.21 bits per heavy atom. The van der Waals surface area contributed by atoms with Crippen LogP contribution in [0, 0.1) is 12.4 Å². The van der Waals surface area contributed by atoms with E-state index >= 15 is 0 Å². The van der Waals surface area contributed by atoms with E-state index in [4.69, 9.17) is 6.57 Å². The lowest BCUT2D eigenvalue weighted by Crippen LogP contribution is -2.14. The van der Waals surface area contributed by atoms with Gasteiger partial charge in [-0.2, -0.15) is 9.61 Å². The van der Waals surface area contributed by atoms with Gasteiger partial charge in [0.2, 0.25) is 0 Å². The first-order valence-corrected chi connectivity index (χ1v) is 10.0. The third-order valence-corrected chi connectivity index (χ3v) is 5.70.